The fourth-order valence-electron chi connectivity index (χ4n) is 3.61. The van der Waals surface area contributed by atoms with Crippen molar-refractivity contribution >= 4 is 11.9 Å². The second-order valence-electron chi connectivity index (χ2n) is 8.57. The number of ether oxygens (including phenoxy) is 1. The highest BCUT2D eigenvalue weighted by Gasteiger charge is 2.21. The van der Waals surface area contributed by atoms with Gasteiger partial charge in [-0.15, -0.1) is 0 Å². The van der Waals surface area contributed by atoms with Gasteiger partial charge in [-0.05, 0) is 19.4 Å². The second-order valence-corrected chi connectivity index (χ2v) is 8.57. The average molecular weight is 428 g/mol. The highest BCUT2D eigenvalue weighted by atomic mass is 16.5. The molecule has 0 saturated carbocycles. The molecule has 0 spiro atoms. The topological polar surface area (TPSA) is 75.6 Å². The Kier molecular flexibility index (Phi) is 21.8. The molecule has 5 heteroatoms. The van der Waals surface area contributed by atoms with Gasteiger partial charge >= 0.3 is 11.9 Å². The van der Waals surface area contributed by atoms with Gasteiger partial charge in [0.25, 0.3) is 0 Å². The summed E-state index contributed by atoms with van der Waals surface area (Å²) in [5.41, 5.74) is 0. The van der Waals surface area contributed by atoms with Crippen LogP contribution in [-0.2, 0) is 14.3 Å². The molecule has 0 aliphatic heterocycles. The molecule has 0 saturated heterocycles. The van der Waals surface area contributed by atoms with Crippen LogP contribution in [0.4, 0.5) is 0 Å². The number of rotatable bonds is 23. The minimum absolute atomic E-state index is 0.0935. The van der Waals surface area contributed by atoms with Gasteiger partial charge in [-0.2, -0.15) is 0 Å². The largest absolute Gasteiger partial charge is 0.480 e. The van der Waals surface area contributed by atoms with E-state index in [0.29, 0.717) is 13.2 Å². The lowest BCUT2D eigenvalue weighted by molar-refractivity contribution is -0.149. The molecule has 0 amide bonds. The van der Waals surface area contributed by atoms with Gasteiger partial charge in [0.1, 0.15) is 6.04 Å². The normalized spacial score (nSPS) is 12.1. The van der Waals surface area contributed by atoms with E-state index in [0.717, 1.165) is 25.7 Å². The molecule has 0 aliphatic carbocycles. The third-order valence-corrected chi connectivity index (χ3v) is 5.60. The maximum absolute atomic E-state index is 11.9. The number of aliphatic carboxylic acids is 1. The van der Waals surface area contributed by atoms with Gasteiger partial charge in [-0.1, -0.05) is 110 Å². The monoisotopic (exact) mass is 427 g/mol. The van der Waals surface area contributed by atoms with Crippen molar-refractivity contribution in [2.75, 3.05) is 13.2 Å². The molecule has 0 aromatic rings. The fourth-order valence-corrected chi connectivity index (χ4v) is 3.61. The summed E-state index contributed by atoms with van der Waals surface area (Å²) in [4.78, 5) is 23.3. The van der Waals surface area contributed by atoms with Crippen molar-refractivity contribution in [3.8, 4) is 0 Å². The van der Waals surface area contributed by atoms with Crippen LogP contribution in [0.1, 0.15) is 129 Å². The molecule has 0 aromatic heterocycles. The number of carboxylic acids is 1. The van der Waals surface area contributed by atoms with E-state index < -0.39 is 18.0 Å². The molecule has 0 rings (SSSR count). The molecule has 1 unspecified atom stereocenters. The molecule has 5 nitrogen and oxygen atoms in total. The number of carboxylic acid groups (broad SMARTS) is 1. The van der Waals surface area contributed by atoms with Crippen molar-refractivity contribution in [3.05, 3.63) is 0 Å². The van der Waals surface area contributed by atoms with Gasteiger partial charge in [-0.3, -0.25) is 9.59 Å². The van der Waals surface area contributed by atoms with Crippen LogP contribution in [0.2, 0.25) is 0 Å². The summed E-state index contributed by atoms with van der Waals surface area (Å²) in [5, 5.41) is 12.3. The molecule has 0 aromatic carbocycles. The SMILES string of the molecule is CCCCCCCCCCCOC(=O)CC(NCCCCCCCCCC)C(=O)O. The smallest absolute Gasteiger partial charge is 0.321 e. The third kappa shape index (κ3) is 20.2. The van der Waals surface area contributed by atoms with Crippen molar-refractivity contribution in [2.45, 2.75) is 135 Å². The zero-order chi connectivity index (χ0) is 22.3. The molecule has 0 bridgehead atoms. The van der Waals surface area contributed by atoms with Crippen molar-refractivity contribution in [1.82, 2.24) is 5.32 Å². The average Bonchev–Trinajstić information content (AvgIpc) is 2.72. The Morgan fingerprint density at radius 1 is 0.700 bits per heavy atom. The Morgan fingerprint density at radius 2 is 1.13 bits per heavy atom. The highest BCUT2D eigenvalue weighted by Crippen LogP contribution is 2.10. The maximum Gasteiger partial charge on any atom is 0.321 e. The van der Waals surface area contributed by atoms with Gasteiger partial charge in [0.15, 0.2) is 0 Å². The molecular weight excluding hydrogens is 378 g/mol. The first-order valence-electron chi connectivity index (χ1n) is 12.7. The fraction of sp³-hybridized carbons (Fsp3) is 0.920. The van der Waals surface area contributed by atoms with Gasteiger partial charge in [0.2, 0.25) is 0 Å². The van der Waals surface area contributed by atoms with Crippen LogP contribution in [0.5, 0.6) is 0 Å². The van der Waals surface area contributed by atoms with Crippen molar-refractivity contribution < 1.29 is 19.4 Å². The Morgan fingerprint density at radius 3 is 1.60 bits per heavy atom. The summed E-state index contributed by atoms with van der Waals surface area (Å²) in [6.45, 7) is 5.49. The third-order valence-electron chi connectivity index (χ3n) is 5.60. The highest BCUT2D eigenvalue weighted by molar-refractivity contribution is 5.81. The van der Waals surface area contributed by atoms with Crippen molar-refractivity contribution in [2.24, 2.45) is 0 Å². The van der Waals surface area contributed by atoms with Gasteiger partial charge in [0, 0.05) is 0 Å². The van der Waals surface area contributed by atoms with Gasteiger partial charge in [-0.25, -0.2) is 0 Å². The number of carbonyl (C=O) groups is 2. The van der Waals surface area contributed by atoms with Crippen LogP contribution < -0.4 is 5.32 Å². The minimum atomic E-state index is -0.977. The van der Waals surface area contributed by atoms with E-state index in [9.17, 15) is 14.7 Å². The molecule has 1 atom stereocenters. The molecule has 0 heterocycles. The minimum Gasteiger partial charge on any atom is -0.480 e. The molecular formula is C25H49NO4. The van der Waals surface area contributed by atoms with Crippen LogP contribution in [0, 0.1) is 0 Å². The van der Waals surface area contributed by atoms with Gasteiger partial charge in [0.05, 0.1) is 13.0 Å². The quantitative estimate of drug-likeness (QED) is 0.141. The zero-order valence-electron chi connectivity index (χ0n) is 19.9. The lowest BCUT2D eigenvalue weighted by Gasteiger charge is -2.14. The summed E-state index contributed by atoms with van der Waals surface area (Å²) < 4.78 is 5.23. The van der Waals surface area contributed by atoms with Crippen LogP contribution in [-0.4, -0.2) is 36.2 Å². The van der Waals surface area contributed by atoms with Crippen LogP contribution >= 0.6 is 0 Å². The van der Waals surface area contributed by atoms with E-state index in [-0.39, 0.29) is 6.42 Å². The van der Waals surface area contributed by atoms with Crippen molar-refractivity contribution in [3.63, 3.8) is 0 Å². The first-order chi connectivity index (χ1) is 14.6. The predicted molar refractivity (Wildman–Crippen MR) is 125 cm³/mol. The summed E-state index contributed by atoms with van der Waals surface area (Å²) in [6.07, 6.45) is 20.6. The van der Waals surface area contributed by atoms with Crippen LogP contribution in [0.3, 0.4) is 0 Å². The number of nitrogens with one attached hydrogen (secondary N) is 1. The zero-order valence-corrected chi connectivity index (χ0v) is 19.9. The summed E-state index contributed by atoms with van der Waals surface area (Å²) in [5.74, 6) is -1.39. The molecule has 0 fully saturated rings. The standard InChI is InChI=1S/C25H49NO4/c1-3-5-7-9-11-13-15-17-19-21-30-24(27)22-23(25(28)29)26-20-18-16-14-12-10-8-6-4-2/h23,26H,3-22H2,1-2H3,(H,28,29). The second kappa shape index (κ2) is 22.6. The predicted octanol–water partition coefficient (Wildman–Crippen LogP) is 6.63. The molecule has 0 aliphatic rings. The molecule has 178 valence electrons. The van der Waals surface area contributed by atoms with Crippen molar-refractivity contribution in [1.29, 1.82) is 0 Å². The lowest BCUT2D eigenvalue weighted by Crippen LogP contribution is -2.39. The first-order valence-corrected chi connectivity index (χ1v) is 12.7. The number of esters is 1. The lowest BCUT2D eigenvalue weighted by atomic mass is 10.1. The first kappa shape index (κ1) is 28.9. The number of unbranched alkanes of at least 4 members (excludes halogenated alkanes) is 15. The molecule has 0 radical (unpaired) electrons. The van der Waals surface area contributed by atoms with E-state index in [4.69, 9.17) is 4.74 Å². The maximum atomic E-state index is 11.9. The van der Waals surface area contributed by atoms with Crippen LogP contribution in [0.25, 0.3) is 0 Å². The number of carbonyl (C=O) groups excluding carboxylic acids is 1. The van der Waals surface area contributed by atoms with E-state index >= 15 is 0 Å². The summed E-state index contributed by atoms with van der Waals surface area (Å²) in [7, 11) is 0. The summed E-state index contributed by atoms with van der Waals surface area (Å²) in [6, 6.07) is -0.842. The van der Waals surface area contributed by atoms with E-state index in [1.165, 1.54) is 83.5 Å². The molecule has 2 N–H and O–H groups in total. The van der Waals surface area contributed by atoms with Gasteiger partial charge < -0.3 is 15.2 Å². The Balaban J connectivity index is 3.63. The molecule has 30 heavy (non-hydrogen) atoms. The Bertz CT molecular complexity index is 401. The van der Waals surface area contributed by atoms with Crippen LogP contribution in [0.15, 0.2) is 0 Å². The van der Waals surface area contributed by atoms with E-state index in [1.807, 2.05) is 0 Å². The summed E-state index contributed by atoms with van der Waals surface area (Å²) >= 11 is 0. The van der Waals surface area contributed by atoms with E-state index in [2.05, 4.69) is 19.2 Å². The number of hydrogen-bond donors (Lipinski definition) is 2. The Labute approximate surface area is 185 Å². The Hall–Kier alpha value is -1.10. The number of hydrogen-bond acceptors (Lipinski definition) is 4. The van der Waals surface area contributed by atoms with E-state index in [1.54, 1.807) is 0 Å².